The number of phenolic OH excluding ortho intramolecular Hbond substituents is 2. The molecule has 0 spiro atoms. The number of nitrogens with one attached hydrogen (secondary N) is 1. The van der Waals surface area contributed by atoms with Crippen molar-refractivity contribution >= 4 is 11.9 Å². The number of hydrogen-bond donors (Lipinski definition) is 3. The highest BCUT2D eigenvalue weighted by Gasteiger charge is 2.17. The van der Waals surface area contributed by atoms with Gasteiger partial charge in [-0.3, -0.25) is 10.1 Å². The summed E-state index contributed by atoms with van der Waals surface area (Å²) in [4.78, 5) is 16.3. The lowest BCUT2D eigenvalue weighted by Crippen LogP contribution is -2.16. The van der Waals surface area contributed by atoms with Gasteiger partial charge in [-0.25, -0.2) is 4.98 Å². The van der Waals surface area contributed by atoms with Gasteiger partial charge in [0, 0.05) is 0 Å². The number of aromatic hydroxyl groups is 2. The van der Waals surface area contributed by atoms with Crippen LogP contribution in [-0.2, 0) is 12.8 Å². The minimum atomic E-state index is -0.696. The Morgan fingerprint density at radius 2 is 1.71 bits per heavy atom. The lowest BCUT2D eigenvalue weighted by Gasteiger charge is -2.08. The lowest BCUT2D eigenvalue weighted by molar-refractivity contribution is 0.102. The van der Waals surface area contributed by atoms with Crippen LogP contribution in [0.2, 0.25) is 0 Å². The number of benzene rings is 1. The molecule has 0 radical (unpaired) electrons. The minimum Gasteiger partial charge on any atom is -0.507 e. The number of carbonyl (C=O) groups is 1. The normalized spacial score (nSPS) is 10.4. The third-order valence-electron chi connectivity index (χ3n) is 2.98. The van der Waals surface area contributed by atoms with Crippen LogP contribution in [-0.4, -0.2) is 31.3 Å². The first-order chi connectivity index (χ1) is 10.1. The number of hydrogen-bond acceptors (Lipinski definition) is 6. The summed E-state index contributed by atoms with van der Waals surface area (Å²) in [5.74, 6) is -1.29. The molecule has 0 aliphatic carbocycles. The van der Waals surface area contributed by atoms with Crippen LogP contribution in [0.1, 0.15) is 35.6 Å². The van der Waals surface area contributed by atoms with Crippen LogP contribution in [0.5, 0.6) is 11.5 Å². The molecule has 2 rings (SSSR count). The first-order valence-corrected chi connectivity index (χ1v) is 6.61. The molecule has 7 heteroatoms. The van der Waals surface area contributed by atoms with Gasteiger partial charge in [0.2, 0.25) is 5.95 Å². The topological polar surface area (TPSA) is 108 Å². The van der Waals surface area contributed by atoms with E-state index in [9.17, 15) is 15.0 Å². The van der Waals surface area contributed by atoms with Gasteiger partial charge in [0.15, 0.2) is 0 Å². The fourth-order valence-corrected chi connectivity index (χ4v) is 1.92. The SMILES string of the molecule is CCc1nnc(NC(=O)c2c(O)cccc2O)nc1CC. The average Bonchev–Trinajstić information content (AvgIpc) is 2.46. The summed E-state index contributed by atoms with van der Waals surface area (Å²) in [5, 5.41) is 29.5. The van der Waals surface area contributed by atoms with E-state index >= 15 is 0 Å². The Balaban J connectivity index is 2.28. The van der Waals surface area contributed by atoms with Crippen molar-refractivity contribution in [2.45, 2.75) is 26.7 Å². The molecule has 2 aromatic rings. The largest absolute Gasteiger partial charge is 0.507 e. The van der Waals surface area contributed by atoms with Gasteiger partial charge in [0.05, 0.1) is 11.4 Å². The van der Waals surface area contributed by atoms with Crippen LogP contribution in [0.25, 0.3) is 0 Å². The summed E-state index contributed by atoms with van der Waals surface area (Å²) >= 11 is 0. The van der Waals surface area contributed by atoms with Gasteiger partial charge in [0.1, 0.15) is 17.1 Å². The first kappa shape index (κ1) is 14.7. The average molecular weight is 288 g/mol. The summed E-state index contributed by atoms with van der Waals surface area (Å²) in [6.07, 6.45) is 1.38. The highest BCUT2D eigenvalue weighted by Crippen LogP contribution is 2.26. The van der Waals surface area contributed by atoms with E-state index < -0.39 is 5.91 Å². The van der Waals surface area contributed by atoms with E-state index in [0.717, 1.165) is 11.4 Å². The Hall–Kier alpha value is -2.70. The van der Waals surface area contributed by atoms with E-state index in [4.69, 9.17) is 0 Å². The molecule has 1 aromatic carbocycles. The summed E-state index contributed by atoms with van der Waals surface area (Å²) in [7, 11) is 0. The van der Waals surface area contributed by atoms with E-state index in [1.54, 1.807) is 0 Å². The highest BCUT2D eigenvalue weighted by atomic mass is 16.3. The molecule has 0 aliphatic rings. The summed E-state index contributed by atoms with van der Waals surface area (Å²) in [5.41, 5.74) is 1.31. The second-order valence-corrected chi connectivity index (χ2v) is 4.36. The number of nitrogens with zero attached hydrogens (tertiary/aromatic N) is 3. The molecule has 3 N–H and O–H groups in total. The molecule has 0 unspecified atom stereocenters. The van der Waals surface area contributed by atoms with Crippen LogP contribution in [0.4, 0.5) is 5.95 Å². The highest BCUT2D eigenvalue weighted by molar-refractivity contribution is 6.07. The number of rotatable bonds is 4. The number of amides is 1. The van der Waals surface area contributed by atoms with Crippen molar-refractivity contribution in [3.05, 3.63) is 35.2 Å². The minimum absolute atomic E-state index is 0.0386. The molecule has 0 fully saturated rings. The van der Waals surface area contributed by atoms with Crippen molar-refractivity contribution in [1.29, 1.82) is 0 Å². The third-order valence-corrected chi connectivity index (χ3v) is 2.98. The fraction of sp³-hybridized carbons (Fsp3) is 0.286. The van der Waals surface area contributed by atoms with Crippen LogP contribution in [0.3, 0.4) is 0 Å². The lowest BCUT2D eigenvalue weighted by atomic mass is 10.1. The van der Waals surface area contributed by atoms with Crippen LogP contribution >= 0.6 is 0 Å². The van der Waals surface area contributed by atoms with E-state index in [1.165, 1.54) is 18.2 Å². The van der Waals surface area contributed by atoms with E-state index in [2.05, 4.69) is 20.5 Å². The number of anilines is 1. The van der Waals surface area contributed by atoms with E-state index in [0.29, 0.717) is 12.8 Å². The molecular weight excluding hydrogens is 272 g/mol. The Labute approximate surface area is 121 Å². The van der Waals surface area contributed by atoms with Crippen LogP contribution in [0, 0.1) is 0 Å². The van der Waals surface area contributed by atoms with Crippen molar-refractivity contribution < 1.29 is 15.0 Å². The zero-order valence-corrected chi connectivity index (χ0v) is 11.8. The van der Waals surface area contributed by atoms with Crippen LogP contribution < -0.4 is 5.32 Å². The molecule has 110 valence electrons. The van der Waals surface area contributed by atoms with E-state index in [-0.39, 0.29) is 23.0 Å². The maximum absolute atomic E-state index is 12.1. The van der Waals surface area contributed by atoms with Gasteiger partial charge in [-0.15, -0.1) is 10.2 Å². The third kappa shape index (κ3) is 3.07. The van der Waals surface area contributed by atoms with Gasteiger partial charge in [0.25, 0.3) is 5.91 Å². The molecule has 1 aromatic heterocycles. The molecule has 21 heavy (non-hydrogen) atoms. The van der Waals surface area contributed by atoms with Crippen molar-refractivity contribution in [3.63, 3.8) is 0 Å². The second-order valence-electron chi connectivity index (χ2n) is 4.36. The van der Waals surface area contributed by atoms with Crippen molar-refractivity contribution in [2.24, 2.45) is 0 Å². The monoisotopic (exact) mass is 288 g/mol. The fourth-order valence-electron chi connectivity index (χ4n) is 1.92. The Bertz CT molecular complexity index is 653. The maximum atomic E-state index is 12.1. The quantitative estimate of drug-likeness (QED) is 0.789. The molecule has 1 amide bonds. The zero-order valence-electron chi connectivity index (χ0n) is 11.8. The predicted octanol–water partition coefficient (Wildman–Crippen LogP) is 1.66. The first-order valence-electron chi connectivity index (χ1n) is 6.61. The van der Waals surface area contributed by atoms with E-state index in [1.807, 2.05) is 13.8 Å². The number of aryl methyl sites for hydroxylation is 2. The molecular formula is C14H16N4O3. The van der Waals surface area contributed by atoms with Gasteiger partial charge < -0.3 is 10.2 Å². The Morgan fingerprint density at radius 1 is 1.10 bits per heavy atom. The number of carbonyl (C=O) groups excluding carboxylic acids is 1. The summed E-state index contributed by atoms with van der Waals surface area (Å²) in [6, 6.07) is 4.06. The molecule has 1 heterocycles. The standard InChI is InChI=1S/C14H16N4O3/c1-3-8-9(4-2)17-18-14(15-8)16-13(21)12-10(19)6-5-7-11(12)20/h5-7,19-20H,3-4H2,1-2H3,(H,15,16,18,21). The molecule has 0 saturated heterocycles. The Morgan fingerprint density at radius 3 is 2.29 bits per heavy atom. The van der Waals surface area contributed by atoms with Crippen molar-refractivity contribution in [3.8, 4) is 11.5 Å². The van der Waals surface area contributed by atoms with Gasteiger partial charge in [-0.2, -0.15) is 0 Å². The van der Waals surface area contributed by atoms with Gasteiger partial charge in [-0.1, -0.05) is 19.9 Å². The summed E-state index contributed by atoms with van der Waals surface area (Å²) < 4.78 is 0. The maximum Gasteiger partial charge on any atom is 0.265 e. The number of aromatic nitrogens is 3. The second kappa shape index (κ2) is 6.17. The molecule has 0 atom stereocenters. The van der Waals surface area contributed by atoms with Crippen LogP contribution in [0.15, 0.2) is 18.2 Å². The van der Waals surface area contributed by atoms with Gasteiger partial charge in [-0.05, 0) is 25.0 Å². The zero-order chi connectivity index (χ0) is 15.4. The molecule has 7 nitrogen and oxygen atoms in total. The summed E-state index contributed by atoms with van der Waals surface area (Å²) in [6.45, 7) is 3.88. The van der Waals surface area contributed by atoms with Crippen molar-refractivity contribution in [1.82, 2.24) is 15.2 Å². The predicted molar refractivity (Wildman–Crippen MR) is 76.3 cm³/mol. The molecule has 0 aliphatic heterocycles. The molecule has 0 bridgehead atoms. The number of phenols is 2. The van der Waals surface area contributed by atoms with Gasteiger partial charge >= 0.3 is 0 Å². The van der Waals surface area contributed by atoms with Crippen molar-refractivity contribution in [2.75, 3.05) is 5.32 Å². The smallest absolute Gasteiger partial charge is 0.265 e. The Kier molecular flexibility index (Phi) is 4.32. The molecule has 0 saturated carbocycles.